The smallest absolute Gasteiger partial charge is 0.337 e. The van der Waals surface area contributed by atoms with Gasteiger partial charge in [-0.2, -0.15) is 5.10 Å². The molecule has 4 aromatic rings. The molecule has 0 aliphatic rings. The van der Waals surface area contributed by atoms with Crippen molar-refractivity contribution in [2.75, 3.05) is 5.32 Å². The molecule has 0 bridgehead atoms. The predicted molar refractivity (Wildman–Crippen MR) is 128 cm³/mol. The van der Waals surface area contributed by atoms with Crippen molar-refractivity contribution >= 4 is 22.6 Å². The molecule has 0 atom stereocenters. The standard InChI is InChI=1S/C26H27N3O4/c1-15(2)32-20-10-11-21-22(13-24(30)33-23(21)12-20)26(31)27-25-17(4)28-29(18(25)5)14-19-9-7-6-8-16(19)3/h6-13,15H,14H2,1-5H3,(H,27,31). The van der Waals surface area contributed by atoms with Crippen LogP contribution >= 0.6 is 0 Å². The summed E-state index contributed by atoms with van der Waals surface area (Å²) in [7, 11) is 0. The van der Waals surface area contributed by atoms with Gasteiger partial charge in [0.1, 0.15) is 11.3 Å². The molecule has 2 aromatic carbocycles. The summed E-state index contributed by atoms with van der Waals surface area (Å²) in [5.41, 5.74) is 4.45. The fraction of sp³-hybridized carbons (Fsp3) is 0.269. The highest BCUT2D eigenvalue weighted by Gasteiger charge is 2.19. The Hall–Kier alpha value is -3.87. The maximum Gasteiger partial charge on any atom is 0.337 e. The van der Waals surface area contributed by atoms with Gasteiger partial charge in [-0.3, -0.25) is 9.48 Å². The Labute approximate surface area is 192 Å². The number of rotatable bonds is 6. The molecule has 1 amide bonds. The number of carbonyl (C=O) groups excluding carboxylic acids is 1. The van der Waals surface area contributed by atoms with Crippen molar-refractivity contribution in [3.05, 3.63) is 87.0 Å². The lowest BCUT2D eigenvalue weighted by atomic mass is 10.1. The molecule has 0 radical (unpaired) electrons. The highest BCUT2D eigenvalue weighted by molar-refractivity contribution is 6.12. The number of nitrogens with one attached hydrogen (secondary N) is 1. The van der Waals surface area contributed by atoms with Crippen LogP contribution in [0.5, 0.6) is 5.75 Å². The molecule has 0 spiro atoms. The Morgan fingerprint density at radius 3 is 2.61 bits per heavy atom. The van der Waals surface area contributed by atoms with Gasteiger partial charge in [-0.05, 0) is 57.9 Å². The van der Waals surface area contributed by atoms with E-state index in [1.807, 2.05) is 44.5 Å². The first kappa shape index (κ1) is 22.3. The van der Waals surface area contributed by atoms with Crippen LogP contribution < -0.4 is 15.7 Å². The van der Waals surface area contributed by atoms with E-state index >= 15 is 0 Å². The van der Waals surface area contributed by atoms with Crippen LogP contribution in [0.2, 0.25) is 0 Å². The molecular formula is C26H27N3O4. The van der Waals surface area contributed by atoms with Gasteiger partial charge in [-0.15, -0.1) is 0 Å². The molecule has 4 rings (SSSR count). The second-order valence-corrected chi connectivity index (χ2v) is 8.39. The molecule has 7 heteroatoms. The minimum Gasteiger partial charge on any atom is -0.491 e. The summed E-state index contributed by atoms with van der Waals surface area (Å²) in [4.78, 5) is 25.4. The fourth-order valence-electron chi connectivity index (χ4n) is 3.84. The van der Waals surface area contributed by atoms with Gasteiger partial charge < -0.3 is 14.5 Å². The lowest BCUT2D eigenvalue weighted by molar-refractivity contribution is 0.102. The van der Waals surface area contributed by atoms with E-state index in [1.54, 1.807) is 18.2 Å². The number of fused-ring (bicyclic) bond motifs is 1. The van der Waals surface area contributed by atoms with Crippen LogP contribution in [-0.2, 0) is 6.54 Å². The summed E-state index contributed by atoms with van der Waals surface area (Å²) >= 11 is 0. The van der Waals surface area contributed by atoms with E-state index in [0.29, 0.717) is 34.6 Å². The SMILES string of the molecule is Cc1ccccc1Cn1nc(C)c(NC(=O)c2cc(=O)oc3cc(OC(C)C)ccc23)c1C. The number of carbonyl (C=O) groups is 1. The molecule has 7 nitrogen and oxygen atoms in total. The minimum atomic E-state index is -0.599. The van der Waals surface area contributed by atoms with E-state index in [9.17, 15) is 9.59 Å². The second-order valence-electron chi connectivity index (χ2n) is 8.39. The zero-order valence-electron chi connectivity index (χ0n) is 19.4. The van der Waals surface area contributed by atoms with Crippen molar-refractivity contribution in [3.63, 3.8) is 0 Å². The number of anilines is 1. The maximum absolute atomic E-state index is 13.2. The van der Waals surface area contributed by atoms with Crippen LogP contribution in [0, 0.1) is 20.8 Å². The van der Waals surface area contributed by atoms with Crippen LogP contribution in [0.25, 0.3) is 11.0 Å². The molecule has 0 fully saturated rings. The van der Waals surface area contributed by atoms with Crippen LogP contribution in [0.1, 0.15) is 46.7 Å². The molecule has 0 saturated carbocycles. The van der Waals surface area contributed by atoms with Crippen LogP contribution in [-0.4, -0.2) is 21.8 Å². The first-order chi connectivity index (χ1) is 15.7. The normalized spacial score (nSPS) is 11.2. The fourth-order valence-corrected chi connectivity index (χ4v) is 3.84. The molecule has 0 unspecified atom stereocenters. The van der Waals surface area contributed by atoms with E-state index in [2.05, 4.69) is 29.5 Å². The highest BCUT2D eigenvalue weighted by Crippen LogP contribution is 2.26. The quantitative estimate of drug-likeness (QED) is 0.422. The first-order valence-corrected chi connectivity index (χ1v) is 10.9. The molecule has 1 N–H and O–H groups in total. The number of hydrogen-bond acceptors (Lipinski definition) is 5. The van der Waals surface area contributed by atoms with E-state index in [-0.39, 0.29) is 11.7 Å². The molecule has 33 heavy (non-hydrogen) atoms. The summed E-state index contributed by atoms with van der Waals surface area (Å²) in [5.74, 6) is 0.175. The number of aromatic nitrogens is 2. The first-order valence-electron chi connectivity index (χ1n) is 10.9. The number of amides is 1. The predicted octanol–water partition coefficient (Wildman–Crippen LogP) is 5.00. The summed E-state index contributed by atoms with van der Waals surface area (Å²) in [6, 6.07) is 14.5. The Morgan fingerprint density at radius 2 is 1.88 bits per heavy atom. The Morgan fingerprint density at radius 1 is 1.12 bits per heavy atom. The Kier molecular flexibility index (Phi) is 6.05. The minimum absolute atomic E-state index is 0.0252. The largest absolute Gasteiger partial charge is 0.491 e. The second kappa shape index (κ2) is 8.94. The number of ether oxygens (including phenoxy) is 1. The molecular weight excluding hydrogens is 418 g/mol. The highest BCUT2D eigenvalue weighted by atomic mass is 16.5. The number of hydrogen-bond donors (Lipinski definition) is 1. The van der Waals surface area contributed by atoms with Crippen molar-refractivity contribution in [2.45, 2.75) is 47.3 Å². The van der Waals surface area contributed by atoms with Crippen molar-refractivity contribution in [2.24, 2.45) is 0 Å². The Balaban J connectivity index is 1.65. The molecule has 170 valence electrons. The number of aryl methyl sites for hydroxylation is 2. The van der Waals surface area contributed by atoms with Gasteiger partial charge in [0.25, 0.3) is 5.91 Å². The maximum atomic E-state index is 13.2. The monoisotopic (exact) mass is 445 g/mol. The van der Waals surface area contributed by atoms with Gasteiger partial charge in [-0.1, -0.05) is 24.3 Å². The number of benzene rings is 2. The third-order valence-corrected chi connectivity index (χ3v) is 5.53. The van der Waals surface area contributed by atoms with Crippen molar-refractivity contribution in [1.29, 1.82) is 0 Å². The summed E-state index contributed by atoms with van der Waals surface area (Å²) < 4.78 is 12.9. The molecule has 0 aliphatic carbocycles. The van der Waals surface area contributed by atoms with E-state index < -0.39 is 11.5 Å². The average Bonchev–Trinajstić information content (AvgIpc) is 3.01. The van der Waals surface area contributed by atoms with Gasteiger partial charge in [0, 0.05) is 17.5 Å². The van der Waals surface area contributed by atoms with E-state index in [0.717, 1.165) is 11.3 Å². The van der Waals surface area contributed by atoms with Crippen LogP contribution in [0.3, 0.4) is 0 Å². The lowest BCUT2D eigenvalue weighted by Gasteiger charge is -2.12. The Bertz CT molecular complexity index is 1400. The molecule has 2 aromatic heterocycles. The molecule has 0 saturated heterocycles. The third kappa shape index (κ3) is 4.67. The molecule has 2 heterocycles. The average molecular weight is 446 g/mol. The van der Waals surface area contributed by atoms with Gasteiger partial charge >= 0.3 is 5.63 Å². The topological polar surface area (TPSA) is 86.4 Å². The van der Waals surface area contributed by atoms with Gasteiger partial charge in [0.15, 0.2) is 0 Å². The zero-order valence-corrected chi connectivity index (χ0v) is 19.4. The van der Waals surface area contributed by atoms with E-state index in [4.69, 9.17) is 9.15 Å². The summed E-state index contributed by atoms with van der Waals surface area (Å²) in [5, 5.41) is 8.10. The van der Waals surface area contributed by atoms with Crippen LogP contribution in [0.15, 0.2) is 57.7 Å². The van der Waals surface area contributed by atoms with Crippen molar-refractivity contribution in [1.82, 2.24) is 9.78 Å². The number of nitrogens with zero attached hydrogens (tertiary/aromatic N) is 2. The molecule has 0 aliphatic heterocycles. The van der Waals surface area contributed by atoms with E-state index in [1.165, 1.54) is 11.6 Å². The van der Waals surface area contributed by atoms with Crippen molar-refractivity contribution < 1.29 is 13.9 Å². The van der Waals surface area contributed by atoms with Crippen molar-refractivity contribution in [3.8, 4) is 5.75 Å². The van der Waals surface area contributed by atoms with Gasteiger partial charge in [0.05, 0.1) is 35.3 Å². The van der Waals surface area contributed by atoms with Crippen LogP contribution in [0.4, 0.5) is 5.69 Å². The summed E-state index contributed by atoms with van der Waals surface area (Å²) in [6.07, 6.45) is -0.0252. The third-order valence-electron chi connectivity index (χ3n) is 5.53. The lowest BCUT2D eigenvalue weighted by Crippen LogP contribution is -2.16. The van der Waals surface area contributed by atoms with Gasteiger partial charge in [-0.25, -0.2) is 4.79 Å². The zero-order chi connectivity index (χ0) is 23.7. The summed E-state index contributed by atoms with van der Waals surface area (Å²) in [6.45, 7) is 10.3. The van der Waals surface area contributed by atoms with Gasteiger partial charge in [0.2, 0.25) is 0 Å².